The molecule has 0 radical (unpaired) electrons. The van der Waals surface area contributed by atoms with E-state index >= 15 is 0 Å². The summed E-state index contributed by atoms with van der Waals surface area (Å²) in [6.07, 6.45) is 4.62. The molecule has 0 amide bonds. The maximum absolute atomic E-state index is 8.93. The van der Waals surface area contributed by atoms with Gasteiger partial charge in [-0.2, -0.15) is 5.26 Å². The van der Waals surface area contributed by atoms with Gasteiger partial charge >= 0.3 is 0 Å². The van der Waals surface area contributed by atoms with E-state index in [4.69, 9.17) is 5.26 Å². The van der Waals surface area contributed by atoms with E-state index in [2.05, 4.69) is 38.8 Å². The number of unbranched alkanes of at least 4 members (excludes halogenated alkanes) is 1. The third kappa shape index (κ3) is 8.21. The van der Waals surface area contributed by atoms with Gasteiger partial charge in [-0.15, -0.1) is 0 Å². The van der Waals surface area contributed by atoms with E-state index in [1.54, 1.807) is 0 Å². The lowest BCUT2D eigenvalue weighted by molar-refractivity contribution is 0.221. The van der Waals surface area contributed by atoms with Crippen LogP contribution in [0.4, 0.5) is 0 Å². The molecule has 1 unspecified atom stereocenters. The second kappa shape index (κ2) is 7.71. The van der Waals surface area contributed by atoms with E-state index in [9.17, 15) is 0 Å². The van der Waals surface area contributed by atoms with E-state index in [1.807, 2.05) is 13.8 Å². The van der Waals surface area contributed by atoms with Crippen molar-refractivity contribution in [2.24, 2.45) is 11.3 Å². The third-order valence-electron chi connectivity index (χ3n) is 3.43. The van der Waals surface area contributed by atoms with E-state index in [0.717, 1.165) is 25.3 Å². The highest BCUT2D eigenvalue weighted by atomic mass is 15.1. The second-order valence-corrected chi connectivity index (χ2v) is 6.41. The van der Waals surface area contributed by atoms with Crippen LogP contribution in [-0.4, -0.2) is 24.5 Å². The highest BCUT2D eigenvalue weighted by Gasteiger charge is 2.16. The molecule has 2 nitrogen and oxygen atoms in total. The molecule has 2 heteroatoms. The summed E-state index contributed by atoms with van der Waals surface area (Å²) in [5.41, 5.74) is -0.151. The quantitative estimate of drug-likeness (QED) is 0.596. The largest absolute Gasteiger partial charge is 0.304 e. The standard InChI is InChI=1S/C15H30N2/c1-13(2)11-14(3)17(6)10-8-7-9-15(4,5)12-16/h13-14H,7-11H2,1-6H3. The number of rotatable bonds is 8. The van der Waals surface area contributed by atoms with Crippen molar-refractivity contribution in [2.45, 2.75) is 66.3 Å². The van der Waals surface area contributed by atoms with Gasteiger partial charge in [0.25, 0.3) is 0 Å². The monoisotopic (exact) mass is 238 g/mol. The molecule has 0 bridgehead atoms. The Morgan fingerprint density at radius 3 is 2.24 bits per heavy atom. The Bertz CT molecular complexity index is 238. The Balaban J connectivity index is 3.72. The van der Waals surface area contributed by atoms with Crippen molar-refractivity contribution >= 4 is 0 Å². The molecule has 0 fully saturated rings. The minimum atomic E-state index is -0.151. The molecule has 0 spiro atoms. The summed E-state index contributed by atoms with van der Waals surface area (Å²) in [5, 5.41) is 8.93. The Kier molecular flexibility index (Phi) is 7.46. The molecule has 100 valence electrons. The zero-order valence-electron chi connectivity index (χ0n) is 12.6. The lowest BCUT2D eigenvalue weighted by Crippen LogP contribution is -2.31. The molecule has 0 saturated heterocycles. The van der Waals surface area contributed by atoms with Crippen LogP contribution >= 0.6 is 0 Å². The number of nitrogens with zero attached hydrogens (tertiary/aromatic N) is 2. The van der Waals surface area contributed by atoms with Crippen LogP contribution in [0.1, 0.15) is 60.3 Å². The highest BCUT2D eigenvalue weighted by molar-refractivity contribution is 4.91. The molecule has 0 N–H and O–H groups in total. The van der Waals surface area contributed by atoms with Crippen molar-refractivity contribution in [1.29, 1.82) is 5.26 Å². The first-order chi connectivity index (χ1) is 7.78. The molecule has 0 aliphatic carbocycles. The van der Waals surface area contributed by atoms with Gasteiger partial charge in [-0.25, -0.2) is 0 Å². The molecular weight excluding hydrogens is 208 g/mol. The van der Waals surface area contributed by atoms with Gasteiger partial charge in [0, 0.05) is 6.04 Å². The summed E-state index contributed by atoms with van der Waals surface area (Å²) in [5.74, 6) is 0.768. The molecular formula is C15H30N2. The Morgan fingerprint density at radius 1 is 1.18 bits per heavy atom. The minimum Gasteiger partial charge on any atom is -0.304 e. The first kappa shape index (κ1) is 16.4. The normalized spacial score (nSPS) is 14.1. The van der Waals surface area contributed by atoms with Gasteiger partial charge < -0.3 is 4.90 Å². The Morgan fingerprint density at radius 2 is 1.76 bits per heavy atom. The van der Waals surface area contributed by atoms with Gasteiger partial charge in [0.15, 0.2) is 0 Å². The van der Waals surface area contributed by atoms with Crippen LogP contribution in [0.5, 0.6) is 0 Å². The van der Waals surface area contributed by atoms with Crippen LogP contribution in [0.2, 0.25) is 0 Å². The summed E-state index contributed by atoms with van der Waals surface area (Å²) in [6, 6.07) is 3.03. The maximum atomic E-state index is 8.93. The molecule has 0 aromatic rings. The summed E-state index contributed by atoms with van der Waals surface area (Å²) in [4.78, 5) is 2.44. The predicted molar refractivity (Wildman–Crippen MR) is 74.8 cm³/mol. The van der Waals surface area contributed by atoms with E-state index < -0.39 is 0 Å². The smallest absolute Gasteiger partial charge is 0.0683 e. The summed E-state index contributed by atoms with van der Waals surface area (Å²) in [6.45, 7) is 12.1. The average Bonchev–Trinajstić information content (AvgIpc) is 2.23. The SMILES string of the molecule is CC(C)CC(C)N(C)CCCCC(C)(C)C#N. The summed E-state index contributed by atoms with van der Waals surface area (Å²) in [7, 11) is 2.21. The van der Waals surface area contributed by atoms with Gasteiger partial charge in [-0.3, -0.25) is 0 Å². The third-order valence-corrected chi connectivity index (χ3v) is 3.43. The lowest BCUT2D eigenvalue weighted by atomic mass is 9.89. The van der Waals surface area contributed by atoms with E-state index in [1.165, 1.54) is 12.8 Å². The molecule has 0 aliphatic rings. The predicted octanol–water partition coefficient (Wildman–Crippen LogP) is 4.07. The van der Waals surface area contributed by atoms with Crippen LogP contribution in [0.25, 0.3) is 0 Å². The minimum absolute atomic E-state index is 0.151. The van der Waals surface area contributed by atoms with Gasteiger partial charge in [0.2, 0.25) is 0 Å². The van der Waals surface area contributed by atoms with Crippen LogP contribution in [0.15, 0.2) is 0 Å². The molecule has 1 atom stereocenters. The molecule has 0 saturated carbocycles. The lowest BCUT2D eigenvalue weighted by Gasteiger charge is -2.26. The average molecular weight is 238 g/mol. The van der Waals surface area contributed by atoms with Crippen molar-refractivity contribution in [3.05, 3.63) is 0 Å². The number of hydrogen-bond acceptors (Lipinski definition) is 2. The molecule has 17 heavy (non-hydrogen) atoms. The molecule has 0 rings (SSSR count). The molecule has 0 aliphatic heterocycles. The fourth-order valence-corrected chi connectivity index (χ4v) is 2.07. The van der Waals surface area contributed by atoms with Crippen LogP contribution in [0, 0.1) is 22.7 Å². The maximum Gasteiger partial charge on any atom is 0.0683 e. The molecule has 0 aromatic heterocycles. The van der Waals surface area contributed by atoms with Crippen LogP contribution in [-0.2, 0) is 0 Å². The molecule has 0 heterocycles. The van der Waals surface area contributed by atoms with Gasteiger partial charge in [0.1, 0.15) is 0 Å². The van der Waals surface area contributed by atoms with E-state index in [0.29, 0.717) is 6.04 Å². The van der Waals surface area contributed by atoms with Crippen molar-refractivity contribution in [1.82, 2.24) is 4.90 Å². The van der Waals surface area contributed by atoms with Crippen LogP contribution < -0.4 is 0 Å². The van der Waals surface area contributed by atoms with Gasteiger partial charge in [-0.05, 0) is 59.5 Å². The van der Waals surface area contributed by atoms with Crippen molar-refractivity contribution in [3.8, 4) is 6.07 Å². The summed E-state index contributed by atoms with van der Waals surface area (Å²) < 4.78 is 0. The first-order valence-electron chi connectivity index (χ1n) is 6.90. The number of nitriles is 1. The highest BCUT2D eigenvalue weighted by Crippen LogP contribution is 2.21. The van der Waals surface area contributed by atoms with Crippen molar-refractivity contribution in [3.63, 3.8) is 0 Å². The van der Waals surface area contributed by atoms with Crippen LogP contribution in [0.3, 0.4) is 0 Å². The van der Waals surface area contributed by atoms with Gasteiger partial charge in [-0.1, -0.05) is 20.3 Å². The zero-order chi connectivity index (χ0) is 13.5. The Labute approximate surface area is 108 Å². The van der Waals surface area contributed by atoms with Gasteiger partial charge in [0.05, 0.1) is 11.5 Å². The fraction of sp³-hybridized carbons (Fsp3) is 0.933. The topological polar surface area (TPSA) is 27.0 Å². The van der Waals surface area contributed by atoms with E-state index in [-0.39, 0.29) is 5.41 Å². The first-order valence-corrected chi connectivity index (χ1v) is 6.90. The van der Waals surface area contributed by atoms with Crippen molar-refractivity contribution < 1.29 is 0 Å². The summed E-state index contributed by atoms with van der Waals surface area (Å²) >= 11 is 0. The van der Waals surface area contributed by atoms with Crippen molar-refractivity contribution in [2.75, 3.05) is 13.6 Å². The second-order valence-electron chi connectivity index (χ2n) is 6.41. The Hall–Kier alpha value is -0.550. The zero-order valence-corrected chi connectivity index (χ0v) is 12.6. The molecule has 0 aromatic carbocycles. The fourth-order valence-electron chi connectivity index (χ4n) is 2.07. The number of hydrogen-bond donors (Lipinski definition) is 0.